The van der Waals surface area contributed by atoms with Gasteiger partial charge in [-0.2, -0.15) is 5.10 Å². The van der Waals surface area contributed by atoms with Crippen molar-refractivity contribution in [3.05, 3.63) is 71.5 Å². The second kappa shape index (κ2) is 8.43. The van der Waals surface area contributed by atoms with Crippen LogP contribution in [0, 0.1) is 5.82 Å². The third-order valence-electron chi connectivity index (χ3n) is 3.00. The Kier molecular flexibility index (Phi) is 5.99. The van der Waals surface area contributed by atoms with Crippen LogP contribution in [-0.4, -0.2) is 24.6 Å². The van der Waals surface area contributed by atoms with Gasteiger partial charge in [0.05, 0.1) is 6.21 Å². The molecule has 0 bridgehead atoms. The van der Waals surface area contributed by atoms with Crippen LogP contribution in [0.15, 0.2) is 59.7 Å². The highest BCUT2D eigenvalue weighted by molar-refractivity contribution is 6.35. The Morgan fingerprint density at radius 1 is 1.00 bits per heavy atom. The normalized spacial score (nSPS) is 10.5. The molecule has 0 heterocycles. The number of hydrogen-bond donors (Lipinski definition) is 2. The number of hydrogen-bond acceptors (Lipinski definition) is 3. The fourth-order valence-electron chi connectivity index (χ4n) is 1.81. The van der Waals surface area contributed by atoms with Crippen LogP contribution in [0.4, 0.5) is 4.39 Å². The molecule has 0 aliphatic carbocycles. The maximum Gasteiger partial charge on any atom is 0.329 e. The number of carbonyl (C=O) groups excluding carboxylic acids is 2. The summed E-state index contributed by atoms with van der Waals surface area (Å²) in [6.07, 6.45) is 1.97. The molecule has 0 saturated heterocycles. The molecule has 0 radical (unpaired) electrons. The quantitative estimate of drug-likeness (QED) is 0.500. The Morgan fingerprint density at radius 2 is 1.70 bits per heavy atom. The molecular weight excluding hydrogens is 297 g/mol. The number of nitrogens with one attached hydrogen (secondary N) is 2. The number of amides is 2. The van der Waals surface area contributed by atoms with Gasteiger partial charge >= 0.3 is 11.8 Å². The van der Waals surface area contributed by atoms with Gasteiger partial charge in [-0.15, -0.1) is 0 Å². The van der Waals surface area contributed by atoms with Crippen molar-refractivity contribution in [2.45, 2.75) is 6.42 Å². The lowest BCUT2D eigenvalue weighted by Gasteiger charge is -2.04. The third kappa shape index (κ3) is 5.70. The molecule has 2 aromatic carbocycles. The largest absolute Gasteiger partial charge is 0.347 e. The van der Waals surface area contributed by atoms with E-state index in [0.717, 1.165) is 5.56 Å². The Balaban J connectivity index is 1.72. The summed E-state index contributed by atoms with van der Waals surface area (Å²) in [4.78, 5) is 23.1. The van der Waals surface area contributed by atoms with Crippen molar-refractivity contribution in [1.29, 1.82) is 0 Å². The molecule has 6 heteroatoms. The first kappa shape index (κ1) is 16.4. The summed E-state index contributed by atoms with van der Waals surface area (Å²) < 4.78 is 12.7. The minimum Gasteiger partial charge on any atom is -0.347 e. The summed E-state index contributed by atoms with van der Waals surface area (Å²) >= 11 is 0. The standard InChI is InChI=1S/C17H16FN3O2/c18-15-8-6-14(7-9-15)12-20-21-17(23)16(22)19-11-10-13-4-2-1-3-5-13/h1-9,12H,10-11H2,(H,19,22)(H,21,23)/b20-12-. The van der Waals surface area contributed by atoms with Gasteiger partial charge in [0.15, 0.2) is 0 Å². The Bertz CT molecular complexity index is 685. The highest BCUT2D eigenvalue weighted by atomic mass is 19.1. The lowest BCUT2D eigenvalue weighted by molar-refractivity contribution is -0.139. The van der Waals surface area contributed by atoms with Crippen molar-refractivity contribution in [3.8, 4) is 0 Å². The summed E-state index contributed by atoms with van der Waals surface area (Å²) in [5.41, 5.74) is 3.80. The highest BCUT2D eigenvalue weighted by Crippen LogP contribution is 1.99. The third-order valence-corrected chi connectivity index (χ3v) is 3.00. The number of rotatable bonds is 5. The van der Waals surface area contributed by atoms with Crippen LogP contribution in [-0.2, 0) is 16.0 Å². The first-order valence-electron chi connectivity index (χ1n) is 7.06. The molecule has 118 valence electrons. The first-order chi connectivity index (χ1) is 11.1. The summed E-state index contributed by atoms with van der Waals surface area (Å²) in [6, 6.07) is 15.2. The molecule has 5 nitrogen and oxygen atoms in total. The van der Waals surface area contributed by atoms with Crippen molar-refractivity contribution in [3.63, 3.8) is 0 Å². The van der Waals surface area contributed by atoms with E-state index in [1.807, 2.05) is 30.3 Å². The molecule has 0 aromatic heterocycles. The zero-order chi connectivity index (χ0) is 16.5. The second-order valence-corrected chi connectivity index (χ2v) is 4.74. The fraction of sp³-hybridized carbons (Fsp3) is 0.118. The van der Waals surface area contributed by atoms with Crippen LogP contribution < -0.4 is 10.7 Å². The van der Waals surface area contributed by atoms with Gasteiger partial charge in [0.25, 0.3) is 0 Å². The Morgan fingerprint density at radius 3 is 2.39 bits per heavy atom. The van der Waals surface area contributed by atoms with E-state index in [0.29, 0.717) is 18.5 Å². The maximum atomic E-state index is 12.7. The van der Waals surface area contributed by atoms with E-state index in [-0.39, 0.29) is 5.82 Å². The van der Waals surface area contributed by atoms with Crippen LogP contribution in [0.5, 0.6) is 0 Å². The van der Waals surface area contributed by atoms with Crippen LogP contribution in [0.3, 0.4) is 0 Å². The van der Waals surface area contributed by atoms with E-state index in [4.69, 9.17) is 0 Å². The summed E-state index contributed by atoms with van der Waals surface area (Å²) in [6.45, 7) is 0.359. The first-order valence-corrected chi connectivity index (χ1v) is 7.06. The van der Waals surface area contributed by atoms with Crippen LogP contribution in [0.25, 0.3) is 0 Å². The Hall–Kier alpha value is -3.02. The van der Waals surface area contributed by atoms with Crippen molar-refractivity contribution < 1.29 is 14.0 Å². The molecule has 0 aliphatic heterocycles. The predicted octanol–water partition coefficient (Wildman–Crippen LogP) is 1.63. The van der Waals surface area contributed by atoms with Crippen molar-refractivity contribution in [2.75, 3.05) is 6.54 Å². The molecule has 0 atom stereocenters. The molecule has 0 spiro atoms. The van der Waals surface area contributed by atoms with Gasteiger partial charge in [-0.1, -0.05) is 42.5 Å². The second-order valence-electron chi connectivity index (χ2n) is 4.74. The molecule has 0 saturated carbocycles. The van der Waals surface area contributed by atoms with E-state index in [1.165, 1.54) is 30.5 Å². The molecule has 2 amide bonds. The molecular formula is C17H16FN3O2. The van der Waals surface area contributed by atoms with Gasteiger partial charge in [0.2, 0.25) is 0 Å². The number of benzene rings is 2. The Labute approximate surface area is 133 Å². The smallest absolute Gasteiger partial charge is 0.329 e. The highest BCUT2D eigenvalue weighted by Gasteiger charge is 2.11. The lowest BCUT2D eigenvalue weighted by Crippen LogP contribution is -2.38. The fourth-order valence-corrected chi connectivity index (χ4v) is 1.81. The molecule has 0 unspecified atom stereocenters. The van der Waals surface area contributed by atoms with Crippen LogP contribution >= 0.6 is 0 Å². The van der Waals surface area contributed by atoms with Gasteiger partial charge < -0.3 is 5.32 Å². The summed E-state index contributed by atoms with van der Waals surface area (Å²) in [5.74, 6) is -1.96. The van der Waals surface area contributed by atoms with Gasteiger partial charge in [-0.05, 0) is 29.7 Å². The minimum atomic E-state index is -0.851. The zero-order valence-corrected chi connectivity index (χ0v) is 12.3. The van der Waals surface area contributed by atoms with E-state index in [1.54, 1.807) is 0 Å². The number of halogens is 1. The minimum absolute atomic E-state index is 0.357. The average molecular weight is 313 g/mol. The number of carbonyl (C=O) groups is 2. The molecule has 2 aromatic rings. The molecule has 0 fully saturated rings. The molecule has 2 N–H and O–H groups in total. The van der Waals surface area contributed by atoms with Gasteiger partial charge in [-0.3, -0.25) is 9.59 Å². The average Bonchev–Trinajstić information content (AvgIpc) is 2.57. The summed E-state index contributed by atoms with van der Waals surface area (Å²) in [5, 5.41) is 6.16. The van der Waals surface area contributed by atoms with Crippen LogP contribution in [0.2, 0.25) is 0 Å². The predicted molar refractivity (Wildman–Crippen MR) is 85.3 cm³/mol. The van der Waals surface area contributed by atoms with Gasteiger partial charge in [0, 0.05) is 6.54 Å². The molecule has 2 rings (SSSR count). The van der Waals surface area contributed by atoms with E-state index in [2.05, 4.69) is 15.8 Å². The molecule has 0 aliphatic rings. The van der Waals surface area contributed by atoms with Crippen molar-refractivity contribution in [1.82, 2.24) is 10.7 Å². The van der Waals surface area contributed by atoms with Crippen molar-refractivity contribution >= 4 is 18.0 Å². The topological polar surface area (TPSA) is 70.6 Å². The SMILES string of the molecule is O=C(NCCc1ccccc1)C(=O)N/N=C\c1ccc(F)cc1. The van der Waals surface area contributed by atoms with Crippen molar-refractivity contribution in [2.24, 2.45) is 5.10 Å². The number of hydrazone groups is 1. The monoisotopic (exact) mass is 313 g/mol. The zero-order valence-electron chi connectivity index (χ0n) is 12.3. The van der Waals surface area contributed by atoms with E-state index in [9.17, 15) is 14.0 Å². The van der Waals surface area contributed by atoms with Gasteiger partial charge in [-0.25, -0.2) is 9.82 Å². The van der Waals surface area contributed by atoms with Gasteiger partial charge in [0.1, 0.15) is 5.82 Å². The number of nitrogens with zero attached hydrogens (tertiary/aromatic N) is 1. The van der Waals surface area contributed by atoms with E-state index >= 15 is 0 Å². The summed E-state index contributed by atoms with van der Waals surface area (Å²) in [7, 11) is 0. The van der Waals surface area contributed by atoms with E-state index < -0.39 is 11.8 Å². The van der Waals surface area contributed by atoms with Crippen LogP contribution in [0.1, 0.15) is 11.1 Å². The lowest BCUT2D eigenvalue weighted by atomic mass is 10.1. The maximum absolute atomic E-state index is 12.7. The molecule has 23 heavy (non-hydrogen) atoms.